The van der Waals surface area contributed by atoms with Gasteiger partial charge in [-0.2, -0.15) is 0 Å². The quantitative estimate of drug-likeness (QED) is 0.457. The number of thiazole rings is 1. The van der Waals surface area contributed by atoms with Crippen LogP contribution in [-0.2, 0) is 13.0 Å². The number of aryl methyl sites for hydroxylation is 1. The third kappa shape index (κ3) is 3.58. The highest BCUT2D eigenvalue weighted by atomic mass is 32.1. The average Bonchev–Trinajstić information content (AvgIpc) is 3.22. The van der Waals surface area contributed by atoms with E-state index in [9.17, 15) is 0 Å². The Labute approximate surface area is 170 Å². The monoisotopic (exact) mass is 387 g/mol. The Hall–Kier alpha value is -2.56. The molecule has 0 amide bonds. The first kappa shape index (κ1) is 18.8. The van der Waals surface area contributed by atoms with E-state index < -0.39 is 0 Å². The summed E-state index contributed by atoms with van der Waals surface area (Å²) in [6, 6.07) is 15.2. The summed E-state index contributed by atoms with van der Waals surface area (Å²) in [7, 11) is 0. The summed E-state index contributed by atoms with van der Waals surface area (Å²) in [5, 5.41) is 4.18. The first-order valence-corrected chi connectivity index (χ1v) is 10.6. The second kappa shape index (κ2) is 7.82. The molecule has 0 saturated carbocycles. The molecule has 0 radical (unpaired) electrons. The molecule has 0 aliphatic heterocycles. The van der Waals surface area contributed by atoms with Gasteiger partial charge in [-0.05, 0) is 54.2 Å². The molecule has 0 spiro atoms. The van der Waals surface area contributed by atoms with Crippen LogP contribution >= 0.6 is 11.3 Å². The second-order valence-corrected chi connectivity index (χ2v) is 8.54. The molecular formula is C24H25N3S. The SMILES string of the molecule is Cc1ccc(-c2c(CN)c(CC(C)C)nc3ccc(-c4nccs4)cc23)cc1. The van der Waals surface area contributed by atoms with Crippen molar-refractivity contribution in [2.45, 2.75) is 33.7 Å². The highest BCUT2D eigenvalue weighted by Crippen LogP contribution is 2.36. The zero-order valence-electron chi connectivity index (χ0n) is 16.6. The van der Waals surface area contributed by atoms with Crippen LogP contribution in [0.3, 0.4) is 0 Å². The molecule has 2 aromatic carbocycles. The molecule has 3 nitrogen and oxygen atoms in total. The van der Waals surface area contributed by atoms with Gasteiger partial charge in [0.15, 0.2) is 0 Å². The summed E-state index contributed by atoms with van der Waals surface area (Å²) in [5.41, 5.74) is 14.3. The van der Waals surface area contributed by atoms with Crippen LogP contribution in [0, 0.1) is 12.8 Å². The fourth-order valence-corrected chi connectivity index (χ4v) is 4.31. The average molecular weight is 388 g/mol. The van der Waals surface area contributed by atoms with E-state index in [4.69, 9.17) is 10.7 Å². The van der Waals surface area contributed by atoms with E-state index in [-0.39, 0.29) is 0 Å². The van der Waals surface area contributed by atoms with Gasteiger partial charge < -0.3 is 5.73 Å². The standard InChI is InChI=1S/C24H25N3S/c1-15(2)12-22-20(14-25)23(17-6-4-16(3)5-7-17)19-13-18(8-9-21(19)27-22)24-26-10-11-28-24/h4-11,13,15H,12,14,25H2,1-3H3. The molecule has 2 N–H and O–H groups in total. The van der Waals surface area contributed by atoms with E-state index in [1.165, 1.54) is 16.7 Å². The summed E-state index contributed by atoms with van der Waals surface area (Å²) < 4.78 is 0. The number of hydrogen-bond acceptors (Lipinski definition) is 4. The van der Waals surface area contributed by atoms with Crippen LogP contribution in [0.25, 0.3) is 32.6 Å². The van der Waals surface area contributed by atoms with Gasteiger partial charge in [0.25, 0.3) is 0 Å². The van der Waals surface area contributed by atoms with Crippen molar-refractivity contribution in [2.75, 3.05) is 0 Å². The molecule has 142 valence electrons. The maximum Gasteiger partial charge on any atom is 0.123 e. The van der Waals surface area contributed by atoms with Crippen LogP contribution in [0.1, 0.15) is 30.7 Å². The van der Waals surface area contributed by atoms with Crippen LogP contribution in [0.2, 0.25) is 0 Å². The number of fused-ring (bicyclic) bond motifs is 1. The van der Waals surface area contributed by atoms with Gasteiger partial charge in [0.2, 0.25) is 0 Å². The first-order valence-electron chi connectivity index (χ1n) is 9.69. The van der Waals surface area contributed by atoms with Gasteiger partial charge in [-0.1, -0.05) is 43.7 Å². The minimum Gasteiger partial charge on any atom is -0.326 e. The lowest BCUT2D eigenvalue weighted by Gasteiger charge is -2.18. The summed E-state index contributed by atoms with van der Waals surface area (Å²) >= 11 is 1.65. The Balaban J connectivity index is 2.03. The van der Waals surface area contributed by atoms with Crippen LogP contribution in [0.5, 0.6) is 0 Å². The number of nitrogens with zero attached hydrogens (tertiary/aromatic N) is 2. The molecule has 2 aromatic heterocycles. The van der Waals surface area contributed by atoms with Crippen LogP contribution < -0.4 is 5.73 Å². The summed E-state index contributed by atoms with van der Waals surface area (Å²) in [4.78, 5) is 9.50. The molecule has 0 saturated heterocycles. The van der Waals surface area contributed by atoms with Crippen LogP contribution in [0.4, 0.5) is 0 Å². The molecular weight excluding hydrogens is 362 g/mol. The fraction of sp³-hybridized carbons (Fsp3) is 0.250. The van der Waals surface area contributed by atoms with Crippen molar-refractivity contribution >= 4 is 22.2 Å². The lowest BCUT2D eigenvalue weighted by atomic mass is 9.90. The van der Waals surface area contributed by atoms with E-state index in [1.807, 2.05) is 11.6 Å². The van der Waals surface area contributed by atoms with Gasteiger partial charge in [-0.25, -0.2) is 4.98 Å². The fourth-order valence-electron chi connectivity index (χ4n) is 3.68. The van der Waals surface area contributed by atoms with Crippen molar-refractivity contribution in [1.82, 2.24) is 9.97 Å². The number of aromatic nitrogens is 2. The lowest BCUT2D eigenvalue weighted by molar-refractivity contribution is 0.632. The number of rotatable bonds is 5. The van der Waals surface area contributed by atoms with Gasteiger partial charge in [0.1, 0.15) is 5.01 Å². The van der Waals surface area contributed by atoms with E-state index in [0.717, 1.165) is 39.2 Å². The molecule has 4 rings (SSSR count). The van der Waals surface area contributed by atoms with Crippen LogP contribution in [0.15, 0.2) is 54.0 Å². The van der Waals surface area contributed by atoms with Gasteiger partial charge in [0, 0.05) is 34.8 Å². The zero-order chi connectivity index (χ0) is 19.7. The normalized spacial score (nSPS) is 11.5. The second-order valence-electron chi connectivity index (χ2n) is 7.65. The van der Waals surface area contributed by atoms with Crippen molar-refractivity contribution < 1.29 is 0 Å². The smallest absolute Gasteiger partial charge is 0.123 e. The van der Waals surface area contributed by atoms with Gasteiger partial charge in [0.05, 0.1) is 5.52 Å². The minimum atomic E-state index is 0.482. The largest absolute Gasteiger partial charge is 0.326 e. The van der Waals surface area contributed by atoms with Gasteiger partial charge >= 0.3 is 0 Å². The maximum atomic E-state index is 6.27. The Morgan fingerprint density at radius 1 is 1.04 bits per heavy atom. The van der Waals surface area contributed by atoms with Crippen molar-refractivity contribution in [1.29, 1.82) is 0 Å². The van der Waals surface area contributed by atoms with Crippen LogP contribution in [-0.4, -0.2) is 9.97 Å². The van der Waals surface area contributed by atoms with Crippen molar-refractivity contribution in [2.24, 2.45) is 11.7 Å². The molecule has 4 heteroatoms. The summed E-state index contributed by atoms with van der Waals surface area (Å²) in [6.07, 6.45) is 2.77. The number of hydrogen-bond donors (Lipinski definition) is 1. The van der Waals surface area contributed by atoms with E-state index >= 15 is 0 Å². The Kier molecular flexibility index (Phi) is 5.25. The van der Waals surface area contributed by atoms with Gasteiger partial charge in [-0.3, -0.25) is 4.98 Å². The predicted octanol–water partition coefficient (Wildman–Crippen LogP) is 5.99. The maximum absolute atomic E-state index is 6.27. The molecule has 4 aromatic rings. The molecule has 0 unspecified atom stereocenters. The molecule has 0 fully saturated rings. The van der Waals surface area contributed by atoms with Gasteiger partial charge in [-0.15, -0.1) is 11.3 Å². The molecule has 0 aliphatic carbocycles. The Bertz CT molecular complexity index is 1100. The minimum absolute atomic E-state index is 0.482. The van der Waals surface area contributed by atoms with Crippen molar-refractivity contribution in [3.8, 4) is 21.7 Å². The van der Waals surface area contributed by atoms with E-state index in [2.05, 4.69) is 68.2 Å². The van der Waals surface area contributed by atoms with Crippen molar-refractivity contribution in [3.63, 3.8) is 0 Å². The number of nitrogens with two attached hydrogens (primary N) is 1. The third-order valence-corrected chi connectivity index (χ3v) is 5.82. The zero-order valence-corrected chi connectivity index (χ0v) is 17.4. The van der Waals surface area contributed by atoms with E-state index in [1.54, 1.807) is 11.3 Å². The highest BCUT2D eigenvalue weighted by Gasteiger charge is 2.17. The molecule has 0 aliphatic rings. The Morgan fingerprint density at radius 3 is 2.43 bits per heavy atom. The van der Waals surface area contributed by atoms with Crippen molar-refractivity contribution in [3.05, 3.63) is 70.9 Å². The molecule has 2 heterocycles. The molecule has 28 heavy (non-hydrogen) atoms. The third-order valence-electron chi connectivity index (χ3n) is 5.00. The number of benzene rings is 2. The Morgan fingerprint density at radius 2 is 1.79 bits per heavy atom. The first-order chi connectivity index (χ1) is 13.6. The number of pyridine rings is 1. The van der Waals surface area contributed by atoms with E-state index in [0.29, 0.717) is 12.5 Å². The topological polar surface area (TPSA) is 51.8 Å². The molecule has 0 atom stereocenters. The predicted molar refractivity (Wildman–Crippen MR) is 119 cm³/mol. The molecule has 0 bridgehead atoms. The highest BCUT2D eigenvalue weighted by molar-refractivity contribution is 7.13. The lowest BCUT2D eigenvalue weighted by Crippen LogP contribution is -2.10. The summed E-state index contributed by atoms with van der Waals surface area (Å²) in [6.45, 7) is 7.05. The summed E-state index contributed by atoms with van der Waals surface area (Å²) in [5.74, 6) is 0.524.